The number of carbonyl (C=O) groups excluding carboxylic acids is 1. The molecule has 3 fully saturated rings. The van der Waals surface area contributed by atoms with Gasteiger partial charge >= 0.3 is 6.09 Å². The molecule has 3 aliphatic rings. The van der Waals surface area contributed by atoms with Gasteiger partial charge in [0, 0.05) is 11.8 Å². The van der Waals surface area contributed by atoms with Crippen molar-refractivity contribution in [2.45, 2.75) is 57.0 Å². The minimum absolute atomic E-state index is 0.247. The number of amides is 1. The van der Waals surface area contributed by atoms with E-state index in [4.69, 9.17) is 4.74 Å². The molecule has 0 aromatic carbocycles. The zero-order valence-electron chi connectivity index (χ0n) is 14.2. The Bertz CT molecular complexity index is 594. The van der Waals surface area contributed by atoms with Gasteiger partial charge in [-0.2, -0.15) is 0 Å². The molecule has 1 aliphatic carbocycles. The number of aromatic nitrogens is 2. The van der Waals surface area contributed by atoms with E-state index < -0.39 is 0 Å². The number of piperidine rings is 1. The summed E-state index contributed by atoms with van der Waals surface area (Å²) in [6.45, 7) is 2.81. The van der Waals surface area contributed by atoms with Gasteiger partial charge in [-0.1, -0.05) is 6.42 Å². The van der Waals surface area contributed by atoms with Crippen molar-refractivity contribution < 1.29 is 9.53 Å². The average molecular weight is 330 g/mol. The molecule has 0 bridgehead atoms. The molecule has 2 saturated heterocycles. The molecule has 2 aliphatic heterocycles. The Morgan fingerprint density at radius 1 is 1.21 bits per heavy atom. The molecule has 1 spiro atoms. The van der Waals surface area contributed by atoms with Crippen LogP contribution < -0.4 is 10.2 Å². The molecule has 1 aromatic heterocycles. The van der Waals surface area contributed by atoms with Crippen LogP contribution in [0.5, 0.6) is 0 Å². The molecule has 130 valence electrons. The van der Waals surface area contributed by atoms with Gasteiger partial charge in [-0.05, 0) is 64.0 Å². The fraction of sp³-hybridized carbons (Fsp3) is 0.722. The third kappa shape index (κ3) is 3.24. The minimum atomic E-state index is -0.282. The van der Waals surface area contributed by atoms with Crippen LogP contribution in [0.3, 0.4) is 0 Å². The van der Waals surface area contributed by atoms with Crippen LogP contribution in [0.1, 0.15) is 50.6 Å². The van der Waals surface area contributed by atoms with Crippen LogP contribution in [0.15, 0.2) is 12.4 Å². The highest BCUT2D eigenvalue weighted by Gasteiger charge is 2.46. The monoisotopic (exact) mass is 330 g/mol. The van der Waals surface area contributed by atoms with Gasteiger partial charge in [0.1, 0.15) is 17.7 Å². The summed E-state index contributed by atoms with van der Waals surface area (Å²) in [5, 5.41) is 3.39. The number of anilines is 1. The van der Waals surface area contributed by atoms with Crippen LogP contribution in [-0.4, -0.2) is 41.3 Å². The second kappa shape index (κ2) is 6.67. The first-order valence-corrected chi connectivity index (χ1v) is 9.26. The molecule has 0 radical (unpaired) electrons. The number of nitrogens with zero attached hydrogens (tertiary/aromatic N) is 3. The zero-order valence-corrected chi connectivity index (χ0v) is 14.2. The van der Waals surface area contributed by atoms with E-state index in [-0.39, 0.29) is 11.7 Å². The Morgan fingerprint density at radius 2 is 2.00 bits per heavy atom. The van der Waals surface area contributed by atoms with Gasteiger partial charge < -0.3 is 10.1 Å². The molecule has 6 nitrogen and oxygen atoms in total. The van der Waals surface area contributed by atoms with Crippen molar-refractivity contribution in [2.75, 3.05) is 24.5 Å². The summed E-state index contributed by atoms with van der Waals surface area (Å²) in [5.74, 6) is 1.37. The van der Waals surface area contributed by atoms with Crippen molar-refractivity contribution in [3.63, 3.8) is 0 Å². The third-order valence-electron chi connectivity index (χ3n) is 5.68. The molecular weight excluding hydrogens is 304 g/mol. The van der Waals surface area contributed by atoms with E-state index in [1.54, 1.807) is 11.2 Å². The fourth-order valence-corrected chi connectivity index (χ4v) is 4.28. The molecule has 3 heterocycles. The van der Waals surface area contributed by atoms with E-state index >= 15 is 0 Å². The van der Waals surface area contributed by atoms with Crippen molar-refractivity contribution in [1.82, 2.24) is 15.3 Å². The third-order valence-corrected chi connectivity index (χ3v) is 5.68. The molecule has 1 amide bonds. The topological polar surface area (TPSA) is 67.3 Å². The molecule has 0 unspecified atom stereocenters. The molecule has 1 saturated carbocycles. The number of ether oxygens (including phenoxy) is 1. The van der Waals surface area contributed by atoms with Crippen molar-refractivity contribution in [2.24, 2.45) is 5.92 Å². The molecule has 1 N–H and O–H groups in total. The number of nitrogens with one attached hydrogen (secondary N) is 1. The predicted molar refractivity (Wildman–Crippen MR) is 91.0 cm³/mol. The highest BCUT2D eigenvalue weighted by Crippen LogP contribution is 2.38. The van der Waals surface area contributed by atoms with E-state index in [0.717, 1.165) is 50.9 Å². The average Bonchev–Trinajstić information content (AvgIpc) is 2.92. The van der Waals surface area contributed by atoms with Crippen molar-refractivity contribution >= 4 is 11.9 Å². The second-order valence-electron chi connectivity index (χ2n) is 7.46. The molecule has 1 aromatic rings. The standard InChI is InChI=1S/C18H26N4O2/c23-17-22(12-18(24-17)6-2-1-3-7-18)16-11-15(20-13-21-16)10-14-4-8-19-9-5-14/h11,13-14,19H,1-10,12H2. The van der Waals surface area contributed by atoms with Gasteiger partial charge in [0.05, 0.1) is 6.54 Å². The van der Waals surface area contributed by atoms with E-state index in [2.05, 4.69) is 15.3 Å². The summed E-state index contributed by atoms with van der Waals surface area (Å²) in [6, 6.07) is 1.98. The summed E-state index contributed by atoms with van der Waals surface area (Å²) < 4.78 is 5.76. The summed E-state index contributed by atoms with van der Waals surface area (Å²) in [5.41, 5.74) is 0.749. The highest BCUT2D eigenvalue weighted by atomic mass is 16.6. The van der Waals surface area contributed by atoms with Gasteiger partial charge in [-0.25, -0.2) is 14.8 Å². The number of hydrogen-bond donors (Lipinski definition) is 1. The van der Waals surface area contributed by atoms with E-state index in [9.17, 15) is 4.79 Å². The maximum atomic E-state index is 12.4. The molecule has 6 heteroatoms. The van der Waals surface area contributed by atoms with Gasteiger partial charge in [-0.15, -0.1) is 0 Å². The lowest BCUT2D eigenvalue weighted by Gasteiger charge is -2.30. The summed E-state index contributed by atoms with van der Waals surface area (Å²) in [6.07, 6.45) is 10.2. The molecular formula is C18H26N4O2. The van der Waals surface area contributed by atoms with Gasteiger partial charge in [0.15, 0.2) is 0 Å². The summed E-state index contributed by atoms with van der Waals surface area (Å²) in [4.78, 5) is 22.9. The summed E-state index contributed by atoms with van der Waals surface area (Å²) in [7, 11) is 0. The first-order valence-electron chi connectivity index (χ1n) is 9.26. The Labute approximate surface area is 143 Å². The lowest BCUT2D eigenvalue weighted by Crippen LogP contribution is -2.36. The van der Waals surface area contributed by atoms with Gasteiger partial charge in [-0.3, -0.25) is 4.90 Å². The van der Waals surface area contributed by atoms with E-state index in [0.29, 0.717) is 18.3 Å². The quantitative estimate of drug-likeness (QED) is 0.923. The summed E-state index contributed by atoms with van der Waals surface area (Å²) >= 11 is 0. The SMILES string of the molecule is O=C1OC2(CCCCC2)CN1c1cc(CC2CCNCC2)ncn1. The Hall–Kier alpha value is -1.69. The van der Waals surface area contributed by atoms with Crippen LogP contribution >= 0.6 is 0 Å². The molecule has 4 rings (SSSR count). The predicted octanol–water partition coefficient (Wildman–Crippen LogP) is 2.68. The maximum absolute atomic E-state index is 12.4. The number of carbonyl (C=O) groups is 1. The minimum Gasteiger partial charge on any atom is -0.441 e. The first-order chi connectivity index (χ1) is 11.7. The van der Waals surface area contributed by atoms with E-state index in [1.807, 2.05) is 6.07 Å². The van der Waals surface area contributed by atoms with Gasteiger partial charge in [0.2, 0.25) is 0 Å². The van der Waals surface area contributed by atoms with Crippen LogP contribution in [0.2, 0.25) is 0 Å². The van der Waals surface area contributed by atoms with Crippen molar-refractivity contribution in [3.8, 4) is 0 Å². The van der Waals surface area contributed by atoms with Crippen LogP contribution in [-0.2, 0) is 11.2 Å². The number of hydrogen-bond acceptors (Lipinski definition) is 5. The Kier molecular flexibility index (Phi) is 4.39. The zero-order chi connectivity index (χ0) is 16.4. The Balaban J connectivity index is 1.47. The smallest absolute Gasteiger partial charge is 0.416 e. The van der Waals surface area contributed by atoms with Crippen LogP contribution in [0.25, 0.3) is 0 Å². The largest absolute Gasteiger partial charge is 0.441 e. The second-order valence-corrected chi connectivity index (χ2v) is 7.46. The maximum Gasteiger partial charge on any atom is 0.416 e. The molecule has 24 heavy (non-hydrogen) atoms. The first kappa shape index (κ1) is 15.8. The molecule has 0 atom stereocenters. The fourth-order valence-electron chi connectivity index (χ4n) is 4.28. The van der Waals surface area contributed by atoms with Crippen LogP contribution in [0.4, 0.5) is 10.6 Å². The number of rotatable bonds is 3. The van der Waals surface area contributed by atoms with Gasteiger partial charge in [0.25, 0.3) is 0 Å². The van der Waals surface area contributed by atoms with Crippen molar-refractivity contribution in [3.05, 3.63) is 18.1 Å². The van der Waals surface area contributed by atoms with Crippen molar-refractivity contribution in [1.29, 1.82) is 0 Å². The lowest BCUT2D eigenvalue weighted by atomic mass is 9.85. The highest BCUT2D eigenvalue weighted by molar-refractivity contribution is 5.89. The normalized spacial score (nSPS) is 24.3. The van der Waals surface area contributed by atoms with Crippen LogP contribution in [0, 0.1) is 5.92 Å². The Morgan fingerprint density at radius 3 is 2.79 bits per heavy atom. The lowest BCUT2D eigenvalue weighted by molar-refractivity contribution is 0.0260. The van der Waals surface area contributed by atoms with E-state index in [1.165, 1.54) is 19.3 Å².